The Bertz CT molecular complexity index is 573. The van der Waals surface area contributed by atoms with E-state index in [9.17, 15) is 0 Å². The average molecular weight is 271 g/mol. The van der Waals surface area contributed by atoms with E-state index in [1.807, 2.05) is 41.2 Å². The van der Waals surface area contributed by atoms with Crippen LogP contribution in [-0.2, 0) is 16.9 Å². The van der Waals surface area contributed by atoms with E-state index in [1.54, 1.807) is 6.20 Å². The molecule has 1 aromatic heterocycles. The summed E-state index contributed by atoms with van der Waals surface area (Å²) in [6, 6.07) is 9.93. The summed E-state index contributed by atoms with van der Waals surface area (Å²) < 4.78 is 33.4. The third kappa shape index (κ3) is 5.55. The van der Waals surface area contributed by atoms with E-state index in [4.69, 9.17) is 23.3 Å². The minimum atomic E-state index is -4.67. The first-order valence-electron chi connectivity index (χ1n) is 4.89. The fraction of sp³-hybridized carbons (Fsp3) is 0.100. The molecule has 0 bridgehead atoms. The molecular formula is C10H13N3O4S. The van der Waals surface area contributed by atoms with Gasteiger partial charge >= 0.3 is 10.4 Å². The number of benzene rings is 1. The van der Waals surface area contributed by atoms with E-state index in [-0.39, 0.29) is 0 Å². The topological polar surface area (TPSA) is 118 Å². The Kier molecular flexibility index (Phi) is 4.98. The van der Waals surface area contributed by atoms with Crippen LogP contribution in [0.4, 0.5) is 0 Å². The van der Waals surface area contributed by atoms with Crippen molar-refractivity contribution < 1.29 is 17.5 Å². The molecule has 0 aliphatic carbocycles. The molecular weight excluding hydrogens is 258 g/mol. The molecule has 7 nitrogen and oxygen atoms in total. The van der Waals surface area contributed by atoms with Gasteiger partial charge in [0.1, 0.15) is 0 Å². The third-order valence-electron chi connectivity index (χ3n) is 1.92. The summed E-state index contributed by atoms with van der Waals surface area (Å²) >= 11 is 0. The first kappa shape index (κ1) is 14.3. The van der Waals surface area contributed by atoms with Crippen molar-refractivity contribution >= 4 is 10.4 Å². The van der Waals surface area contributed by atoms with Crippen molar-refractivity contribution in [3.63, 3.8) is 0 Å². The summed E-state index contributed by atoms with van der Waals surface area (Å²) in [6.07, 6.45) is 3.67. The lowest BCUT2D eigenvalue weighted by Gasteiger charge is -2.02. The van der Waals surface area contributed by atoms with Crippen LogP contribution in [0, 0.1) is 0 Å². The number of hydrogen-bond acceptors (Lipinski definition) is 4. The Morgan fingerprint density at radius 1 is 1.28 bits per heavy atom. The van der Waals surface area contributed by atoms with Crippen molar-refractivity contribution in [2.75, 3.05) is 0 Å². The van der Waals surface area contributed by atoms with Gasteiger partial charge in [-0.1, -0.05) is 12.1 Å². The van der Waals surface area contributed by atoms with E-state index in [0.717, 1.165) is 11.3 Å². The van der Waals surface area contributed by atoms with Crippen LogP contribution in [0.2, 0.25) is 0 Å². The number of hydrogen-bond donors (Lipinski definition) is 3. The number of aromatic nitrogens is 2. The van der Waals surface area contributed by atoms with Crippen molar-refractivity contribution in [3.8, 4) is 5.69 Å². The standard InChI is InChI=1S/C10H11N3.H2O4S/c11-8-9-3-1-4-10(7-9)13-6-2-5-12-13;1-5(2,3)4/h1-7H,8,11H2;(H2,1,2,3,4). The highest BCUT2D eigenvalue weighted by molar-refractivity contribution is 7.79. The van der Waals surface area contributed by atoms with Gasteiger partial charge in [0.25, 0.3) is 0 Å². The first-order valence-corrected chi connectivity index (χ1v) is 6.29. The molecule has 0 saturated carbocycles. The van der Waals surface area contributed by atoms with Gasteiger partial charge in [-0.2, -0.15) is 13.5 Å². The summed E-state index contributed by atoms with van der Waals surface area (Å²) in [4.78, 5) is 0. The van der Waals surface area contributed by atoms with Crippen LogP contribution >= 0.6 is 0 Å². The Balaban J connectivity index is 0.000000280. The van der Waals surface area contributed by atoms with Crippen LogP contribution in [0.1, 0.15) is 5.56 Å². The summed E-state index contributed by atoms with van der Waals surface area (Å²) in [5, 5.41) is 4.14. The van der Waals surface area contributed by atoms with Gasteiger partial charge in [-0.3, -0.25) is 9.11 Å². The number of nitrogens with two attached hydrogens (primary N) is 1. The number of rotatable bonds is 2. The van der Waals surface area contributed by atoms with Crippen molar-refractivity contribution in [1.29, 1.82) is 0 Å². The lowest BCUT2D eigenvalue weighted by atomic mass is 10.2. The molecule has 0 atom stereocenters. The van der Waals surface area contributed by atoms with Gasteiger partial charge in [0.2, 0.25) is 0 Å². The molecule has 1 aromatic carbocycles. The zero-order valence-corrected chi connectivity index (χ0v) is 10.2. The van der Waals surface area contributed by atoms with Gasteiger partial charge in [0, 0.05) is 18.9 Å². The van der Waals surface area contributed by atoms with Gasteiger partial charge in [-0.15, -0.1) is 0 Å². The van der Waals surface area contributed by atoms with E-state index < -0.39 is 10.4 Å². The van der Waals surface area contributed by atoms with Gasteiger partial charge in [-0.05, 0) is 23.8 Å². The fourth-order valence-electron chi connectivity index (χ4n) is 1.25. The molecule has 0 saturated heterocycles. The Labute approximate surface area is 104 Å². The normalized spacial score (nSPS) is 10.6. The summed E-state index contributed by atoms with van der Waals surface area (Å²) in [6.45, 7) is 0.565. The molecule has 4 N–H and O–H groups in total. The Morgan fingerprint density at radius 2 is 1.94 bits per heavy atom. The van der Waals surface area contributed by atoms with Crippen LogP contribution in [0.5, 0.6) is 0 Å². The van der Waals surface area contributed by atoms with Crippen LogP contribution < -0.4 is 5.73 Å². The summed E-state index contributed by atoms with van der Waals surface area (Å²) in [5.41, 5.74) is 7.71. The molecule has 0 radical (unpaired) electrons. The minimum Gasteiger partial charge on any atom is -0.326 e. The van der Waals surface area contributed by atoms with E-state index in [0.29, 0.717) is 6.54 Å². The molecule has 0 spiro atoms. The molecule has 98 valence electrons. The smallest absolute Gasteiger partial charge is 0.326 e. The Morgan fingerprint density at radius 3 is 2.44 bits per heavy atom. The predicted molar refractivity (Wildman–Crippen MR) is 65.6 cm³/mol. The van der Waals surface area contributed by atoms with Gasteiger partial charge < -0.3 is 5.73 Å². The van der Waals surface area contributed by atoms with Gasteiger partial charge in [0.15, 0.2) is 0 Å². The molecule has 2 aromatic rings. The monoisotopic (exact) mass is 271 g/mol. The minimum absolute atomic E-state index is 0.565. The quantitative estimate of drug-likeness (QED) is 0.691. The molecule has 2 rings (SSSR count). The maximum atomic E-state index is 8.74. The van der Waals surface area contributed by atoms with Crippen LogP contribution in [0.15, 0.2) is 42.7 Å². The van der Waals surface area contributed by atoms with E-state index in [2.05, 4.69) is 5.10 Å². The zero-order valence-electron chi connectivity index (χ0n) is 9.34. The third-order valence-corrected chi connectivity index (χ3v) is 1.92. The lowest BCUT2D eigenvalue weighted by molar-refractivity contribution is 0.381. The maximum absolute atomic E-state index is 8.74. The predicted octanol–water partition coefficient (Wildman–Crippen LogP) is 0.678. The molecule has 1 heterocycles. The molecule has 0 amide bonds. The second-order valence-corrected chi connectivity index (χ2v) is 4.17. The highest BCUT2D eigenvalue weighted by Gasteiger charge is 1.95. The highest BCUT2D eigenvalue weighted by atomic mass is 32.3. The van der Waals surface area contributed by atoms with Gasteiger partial charge in [0.05, 0.1) is 5.69 Å². The van der Waals surface area contributed by atoms with Crippen LogP contribution in [-0.4, -0.2) is 27.3 Å². The van der Waals surface area contributed by atoms with Crippen molar-refractivity contribution in [1.82, 2.24) is 9.78 Å². The van der Waals surface area contributed by atoms with E-state index in [1.165, 1.54) is 0 Å². The average Bonchev–Trinajstić information content (AvgIpc) is 2.80. The van der Waals surface area contributed by atoms with E-state index >= 15 is 0 Å². The van der Waals surface area contributed by atoms with Gasteiger partial charge in [-0.25, -0.2) is 4.68 Å². The lowest BCUT2D eigenvalue weighted by Crippen LogP contribution is -1.99. The molecule has 18 heavy (non-hydrogen) atoms. The fourth-order valence-corrected chi connectivity index (χ4v) is 1.25. The maximum Gasteiger partial charge on any atom is 0.394 e. The molecule has 8 heteroatoms. The molecule has 0 unspecified atom stereocenters. The molecule has 0 fully saturated rings. The Hall–Kier alpha value is -1.74. The SMILES string of the molecule is NCc1cccc(-n2cccn2)c1.O=S(=O)(O)O. The molecule has 0 aliphatic heterocycles. The summed E-state index contributed by atoms with van der Waals surface area (Å²) in [5.74, 6) is 0. The van der Waals surface area contributed by atoms with Crippen molar-refractivity contribution in [2.24, 2.45) is 5.73 Å². The van der Waals surface area contributed by atoms with Crippen LogP contribution in [0.3, 0.4) is 0 Å². The second kappa shape index (κ2) is 6.26. The largest absolute Gasteiger partial charge is 0.394 e. The summed E-state index contributed by atoms with van der Waals surface area (Å²) in [7, 11) is -4.67. The zero-order chi connectivity index (χ0) is 13.6. The van der Waals surface area contributed by atoms with Crippen molar-refractivity contribution in [3.05, 3.63) is 48.3 Å². The molecule has 0 aliphatic rings. The second-order valence-electron chi connectivity index (χ2n) is 3.27. The first-order chi connectivity index (χ1) is 8.40. The van der Waals surface area contributed by atoms with Crippen molar-refractivity contribution in [2.45, 2.75) is 6.54 Å². The number of nitrogens with zero attached hydrogens (tertiary/aromatic N) is 2. The van der Waals surface area contributed by atoms with Crippen LogP contribution in [0.25, 0.3) is 5.69 Å². The highest BCUT2D eigenvalue weighted by Crippen LogP contribution is 2.08.